The number of hydrogen-bond donors (Lipinski definition) is 1. The van der Waals surface area contributed by atoms with Crippen LogP contribution in [0.5, 0.6) is 0 Å². The summed E-state index contributed by atoms with van der Waals surface area (Å²) in [5, 5.41) is 16.8. The van der Waals surface area contributed by atoms with E-state index >= 15 is 0 Å². The van der Waals surface area contributed by atoms with Gasteiger partial charge in [-0.05, 0) is 0 Å². The standard InChI is InChI=1S/C16H16N8O/c1-2-13(25)23-7-16(8-23,3-4-17)24-6-12(20-10-24)14-11-5-21-22-15(11)19-9-18-14/h5-6,9-10H,2-3,7-8H2,1H3,(H,18,19,21,22). The van der Waals surface area contributed by atoms with E-state index in [1.165, 1.54) is 6.33 Å². The number of imidazole rings is 1. The lowest BCUT2D eigenvalue weighted by atomic mass is 9.86. The summed E-state index contributed by atoms with van der Waals surface area (Å²) in [5.41, 5.74) is 1.60. The lowest BCUT2D eigenvalue weighted by Gasteiger charge is -2.49. The van der Waals surface area contributed by atoms with Crippen molar-refractivity contribution < 1.29 is 4.79 Å². The van der Waals surface area contributed by atoms with Crippen molar-refractivity contribution in [2.45, 2.75) is 25.3 Å². The predicted octanol–water partition coefficient (Wildman–Crippen LogP) is 1.08. The number of amides is 1. The average Bonchev–Trinajstić information content (AvgIpc) is 3.25. The van der Waals surface area contributed by atoms with Crippen LogP contribution in [0.15, 0.2) is 25.0 Å². The normalized spacial score (nSPS) is 15.8. The Bertz CT molecular complexity index is 975. The number of aromatic amines is 1. The van der Waals surface area contributed by atoms with Gasteiger partial charge in [-0.15, -0.1) is 0 Å². The minimum absolute atomic E-state index is 0.102. The van der Waals surface area contributed by atoms with Crippen LogP contribution < -0.4 is 0 Å². The van der Waals surface area contributed by atoms with Gasteiger partial charge >= 0.3 is 0 Å². The van der Waals surface area contributed by atoms with Crippen LogP contribution in [-0.2, 0) is 10.3 Å². The SMILES string of the molecule is CCC(=O)N1CC(CC#N)(n2cnc(-c3ncnc4[nH]ncc34)c2)C1. The first-order valence-corrected chi connectivity index (χ1v) is 8.00. The second-order valence-electron chi connectivity index (χ2n) is 6.18. The van der Waals surface area contributed by atoms with Gasteiger partial charge in [0.2, 0.25) is 5.91 Å². The molecule has 1 N–H and O–H groups in total. The smallest absolute Gasteiger partial charge is 0.222 e. The van der Waals surface area contributed by atoms with Gasteiger partial charge in [-0.1, -0.05) is 6.92 Å². The molecule has 0 aromatic carbocycles. The van der Waals surface area contributed by atoms with E-state index in [2.05, 4.69) is 31.2 Å². The van der Waals surface area contributed by atoms with E-state index in [1.807, 2.05) is 17.7 Å². The van der Waals surface area contributed by atoms with Gasteiger partial charge in [-0.2, -0.15) is 10.4 Å². The summed E-state index contributed by atoms with van der Waals surface area (Å²) in [6.45, 7) is 2.88. The molecular weight excluding hydrogens is 320 g/mol. The summed E-state index contributed by atoms with van der Waals surface area (Å²) in [5.74, 6) is 0.102. The highest BCUT2D eigenvalue weighted by molar-refractivity contribution is 5.88. The number of likely N-dealkylation sites (tertiary alicyclic amines) is 1. The Morgan fingerprint density at radius 1 is 1.40 bits per heavy atom. The number of carbonyl (C=O) groups is 1. The summed E-state index contributed by atoms with van der Waals surface area (Å²) in [7, 11) is 0. The molecule has 0 atom stereocenters. The molecule has 25 heavy (non-hydrogen) atoms. The topological polar surface area (TPSA) is 116 Å². The lowest BCUT2D eigenvalue weighted by molar-refractivity contribution is -0.141. The molecule has 0 unspecified atom stereocenters. The van der Waals surface area contributed by atoms with Gasteiger partial charge in [0.25, 0.3) is 0 Å². The third kappa shape index (κ3) is 2.34. The van der Waals surface area contributed by atoms with Gasteiger partial charge in [-0.3, -0.25) is 9.89 Å². The van der Waals surface area contributed by atoms with E-state index in [1.54, 1.807) is 17.4 Å². The minimum atomic E-state index is -0.423. The van der Waals surface area contributed by atoms with E-state index in [-0.39, 0.29) is 5.91 Å². The third-order valence-corrected chi connectivity index (χ3v) is 4.65. The molecule has 1 aliphatic heterocycles. The molecule has 3 aromatic heterocycles. The molecule has 1 fully saturated rings. The number of carbonyl (C=O) groups excluding carboxylic acids is 1. The Morgan fingerprint density at radius 3 is 3.00 bits per heavy atom. The highest BCUT2D eigenvalue weighted by Crippen LogP contribution is 2.34. The fraction of sp³-hybridized carbons (Fsp3) is 0.375. The van der Waals surface area contributed by atoms with Crippen molar-refractivity contribution in [2.24, 2.45) is 0 Å². The highest BCUT2D eigenvalue weighted by Gasteiger charge is 2.46. The van der Waals surface area contributed by atoms with Crippen LogP contribution in [0.1, 0.15) is 19.8 Å². The number of nitrogens with zero attached hydrogens (tertiary/aromatic N) is 7. The molecule has 9 heteroatoms. The van der Waals surface area contributed by atoms with Crippen molar-refractivity contribution >= 4 is 16.9 Å². The van der Waals surface area contributed by atoms with Crippen LogP contribution in [0.3, 0.4) is 0 Å². The highest BCUT2D eigenvalue weighted by atomic mass is 16.2. The number of H-pyrrole nitrogens is 1. The monoisotopic (exact) mass is 336 g/mol. The van der Waals surface area contributed by atoms with Crippen LogP contribution in [0.2, 0.25) is 0 Å². The fourth-order valence-electron chi connectivity index (χ4n) is 3.25. The second-order valence-corrected chi connectivity index (χ2v) is 6.18. The minimum Gasteiger partial charge on any atom is -0.338 e. The van der Waals surface area contributed by atoms with Crippen LogP contribution in [-0.4, -0.2) is 53.6 Å². The van der Waals surface area contributed by atoms with Gasteiger partial charge < -0.3 is 9.47 Å². The number of fused-ring (bicyclic) bond motifs is 1. The van der Waals surface area contributed by atoms with E-state index in [0.29, 0.717) is 43.0 Å². The summed E-state index contributed by atoms with van der Waals surface area (Å²) in [4.78, 5) is 26.5. The fourth-order valence-corrected chi connectivity index (χ4v) is 3.25. The molecule has 0 spiro atoms. The predicted molar refractivity (Wildman–Crippen MR) is 88.0 cm³/mol. The molecule has 4 heterocycles. The van der Waals surface area contributed by atoms with Crippen LogP contribution in [0.25, 0.3) is 22.4 Å². The van der Waals surface area contributed by atoms with Crippen molar-refractivity contribution in [3.63, 3.8) is 0 Å². The largest absolute Gasteiger partial charge is 0.338 e. The van der Waals surface area contributed by atoms with Crippen molar-refractivity contribution in [2.75, 3.05) is 13.1 Å². The van der Waals surface area contributed by atoms with Crippen molar-refractivity contribution in [3.8, 4) is 17.5 Å². The molecule has 4 rings (SSSR count). The first-order valence-electron chi connectivity index (χ1n) is 8.00. The van der Waals surface area contributed by atoms with Crippen molar-refractivity contribution in [1.82, 2.24) is 34.6 Å². The number of nitrogens with one attached hydrogen (secondary N) is 1. The average molecular weight is 336 g/mol. The van der Waals surface area contributed by atoms with Crippen LogP contribution in [0, 0.1) is 11.3 Å². The maximum Gasteiger partial charge on any atom is 0.222 e. The zero-order chi connectivity index (χ0) is 17.4. The van der Waals surface area contributed by atoms with Crippen molar-refractivity contribution in [1.29, 1.82) is 5.26 Å². The van der Waals surface area contributed by atoms with Gasteiger partial charge in [-0.25, -0.2) is 15.0 Å². The maximum atomic E-state index is 11.9. The van der Waals surface area contributed by atoms with E-state index in [9.17, 15) is 10.1 Å². The lowest BCUT2D eigenvalue weighted by Crippen LogP contribution is -2.63. The van der Waals surface area contributed by atoms with E-state index in [0.717, 1.165) is 5.39 Å². The molecule has 1 aliphatic rings. The zero-order valence-electron chi connectivity index (χ0n) is 13.7. The Labute approximate surface area is 143 Å². The molecule has 0 saturated carbocycles. The molecule has 3 aromatic rings. The number of hydrogen-bond acceptors (Lipinski definition) is 6. The summed E-state index contributed by atoms with van der Waals surface area (Å²) in [6, 6.07) is 2.23. The van der Waals surface area contributed by atoms with Gasteiger partial charge in [0.1, 0.15) is 17.7 Å². The molecular formula is C16H16N8O. The first kappa shape index (κ1) is 15.3. The molecule has 1 saturated heterocycles. The van der Waals surface area contributed by atoms with Gasteiger partial charge in [0.15, 0.2) is 5.65 Å². The molecule has 0 bridgehead atoms. The molecule has 9 nitrogen and oxygen atoms in total. The quantitative estimate of drug-likeness (QED) is 0.762. The van der Waals surface area contributed by atoms with E-state index in [4.69, 9.17) is 0 Å². The molecule has 0 aliphatic carbocycles. The van der Waals surface area contributed by atoms with Gasteiger partial charge in [0, 0.05) is 25.7 Å². The molecule has 0 radical (unpaired) electrons. The molecule has 126 valence electrons. The third-order valence-electron chi connectivity index (χ3n) is 4.65. The molecule has 1 amide bonds. The summed E-state index contributed by atoms with van der Waals surface area (Å²) in [6.07, 6.45) is 7.50. The number of rotatable bonds is 4. The van der Waals surface area contributed by atoms with Gasteiger partial charge in [0.05, 0.1) is 35.9 Å². The Kier molecular flexibility index (Phi) is 3.46. The summed E-state index contributed by atoms with van der Waals surface area (Å²) < 4.78 is 1.93. The van der Waals surface area contributed by atoms with Crippen molar-refractivity contribution in [3.05, 3.63) is 25.0 Å². The Hall–Kier alpha value is -3.28. The first-order chi connectivity index (χ1) is 12.2. The number of nitriles is 1. The Balaban J connectivity index is 1.67. The number of aromatic nitrogens is 6. The maximum absolute atomic E-state index is 11.9. The van der Waals surface area contributed by atoms with Crippen LogP contribution >= 0.6 is 0 Å². The summed E-state index contributed by atoms with van der Waals surface area (Å²) >= 11 is 0. The second kappa shape index (κ2) is 5.66. The van der Waals surface area contributed by atoms with E-state index < -0.39 is 5.54 Å². The Morgan fingerprint density at radius 2 is 2.24 bits per heavy atom. The van der Waals surface area contributed by atoms with Crippen LogP contribution in [0.4, 0.5) is 0 Å². The zero-order valence-corrected chi connectivity index (χ0v) is 13.7.